The first-order valence-corrected chi connectivity index (χ1v) is 11.9. The third-order valence-corrected chi connectivity index (χ3v) is 5.96. The molecule has 0 heterocycles. The number of hydrazone groups is 1. The van der Waals surface area contributed by atoms with Crippen LogP contribution in [0.1, 0.15) is 15.9 Å². The van der Waals surface area contributed by atoms with Gasteiger partial charge in [0.25, 0.3) is 5.91 Å². The number of hydrogen-bond acceptors (Lipinski definition) is 5. The van der Waals surface area contributed by atoms with Crippen LogP contribution < -0.4 is 14.9 Å². The molecule has 0 aliphatic carbocycles. The fourth-order valence-corrected chi connectivity index (χ4v) is 4.03. The van der Waals surface area contributed by atoms with Gasteiger partial charge in [0.2, 0.25) is 0 Å². The van der Waals surface area contributed by atoms with E-state index in [1.54, 1.807) is 30.3 Å². The first-order valence-electron chi connectivity index (χ1n) is 11.5. The lowest BCUT2D eigenvalue weighted by molar-refractivity contribution is -0.123. The Morgan fingerprint density at radius 3 is 2.22 bits per heavy atom. The zero-order valence-electron chi connectivity index (χ0n) is 19.6. The molecule has 0 aliphatic rings. The second kappa shape index (κ2) is 10.9. The molecule has 0 aliphatic heterocycles. The molecule has 6 nitrogen and oxygen atoms in total. The second-order valence-electron chi connectivity index (χ2n) is 8.15. The van der Waals surface area contributed by atoms with Gasteiger partial charge in [0.1, 0.15) is 11.5 Å². The minimum atomic E-state index is -0.533. The van der Waals surface area contributed by atoms with Crippen molar-refractivity contribution in [3.8, 4) is 11.5 Å². The number of nitrogens with zero attached hydrogens (tertiary/aromatic N) is 1. The van der Waals surface area contributed by atoms with Gasteiger partial charge in [0.05, 0.1) is 11.8 Å². The van der Waals surface area contributed by atoms with Crippen molar-refractivity contribution in [2.24, 2.45) is 5.10 Å². The highest BCUT2D eigenvalue weighted by atomic mass is 35.5. The van der Waals surface area contributed by atoms with E-state index in [0.717, 1.165) is 21.5 Å². The fraction of sp³-hybridized carbons (Fsp3) is 0.0333. The molecular formula is C30H21ClN2O4. The summed E-state index contributed by atoms with van der Waals surface area (Å²) in [5.74, 6) is -0.0374. The molecule has 0 unspecified atom stereocenters. The number of hydrogen-bond donors (Lipinski definition) is 1. The van der Waals surface area contributed by atoms with Crippen molar-refractivity contribution in [2.75, 3.05) is 6.61 Å². The molecule has 0 fully saturated rings. The van der Waals surface area contributed by atoms with Crippen molar-refractivity contribution in [3.05, 3.63) is 119 Å². The molecule has 5 aromatic rings. The van der Waals surface area contributed by atoms with E-state index in [9.17, 15) is 9.59 Å². The van der Waals surface area contributed by atoms with Crippen LogP contribution >= 0.6 is 11.6 Å². The molecule has 0 bridgehead atoms. The Morgan fingerprint density at radius 1 is 0.757 bits per heavy atom. The highest BCUT2D eigenvalue weighted by Crippen LogP contribution is 2.28. The van der Waals surface area contributed by atoms with Crippen LogP contribution in [0.25, 0.3) is 21.5 Å². The molecule has 0 spiro atoms. The van der Waals surface area contributed by atoms with E-state index in [1.807, 2.05) is 72.8 Å². The molecule has 0 aromatic heterocycles. The van der Waals surface area contributed by atoms with Crippen LogP contribution in [-0.2, 0) is 4.79 Å². The highest BCUT2D eigenvalue weighted by Gasteiger charge is 2.14. The number of carbonyl (C=O) groups excluding carboxylic acids is 2. The Bertz CT molecular complexity index is 1630. The van der Waals surface area contributed by atoms with Crippen LogP contribution in [0.4, 0.5) is 0 Å². The summed E-state index contributed by atoms with van der Waals surface area (Å²) in [4.78, 5) is 25.1. The molecule has 1 N–H and O–H groups in total. The topological polar surface area (TPSA) is 77.0 Å². The average molecular weight is 509 g/mol. The van der Waals surface area contributed by atoms with Gasteiger partial charge in [-0.05, 0) is 52.6 Å². The molecule has 37 heavy (non-hydrogen) atoms. The smallest absolute Gasteiger partial charge is 0.343 e. The van der Waals surface area contributed by atoms with Crippen molar-refractivity contribution >= 4 is 51.2 Å². The average Bonchev–Trinajstić information content (AvgIpc) is 2.93. The zero-order valence-corrected chi connectivity index (χ0v) is 20.3. The standard InChI is InChI=1S/C30H21ClN2O4/c31-23-15-12-22(13-16-23)30(35)37-28-17-14-21-7-1-3-9-24(21)26(28)18-32-33-29(34)19-36-27-11-5-8-20-6-2-4-10-25(20)27/h1-18H,19H2,(H,33,34). The van der Waals surface area contributed by atoms with E-state index in [2.05, 4.69) is 10.5 Å². The summed E-state index contributed by atoms with van der Waals surface area (Å²) in [7, 11) is 0. The predicted octanol–water partition coefficient (Wildman–Crippen LogP) is 6.39. The van der Waals surface area contributed by atoms with Crippen molar-refractivity contribution < 1.29 is 19.1 Å². The highest BCUT2D eigenvalue weighted by molar-refractivity contribution is 6.30. The number of halogens is 1. The summed E-state index contributed by atoms with van der Waals surface area (Å²) in [5.41, 5.74) is 3.40. The summed E-state index contributed by atoms with van der Waals surface area (Å²) in [5, 5.41) is 8.32. The van der Waals surface area contributed by atoms with Gasteiger partial charge >= 0.3 is 5.97 Å². The number of ether oxygens (including phenoxy) is 2. The Labute approximate surface area is 218 Å². The van der Waals surface area contributed by atoms with E-state index < -0.39 is 11.9 Å². The van der Waals surface area contributed by atoms with Gasteiger partial charge in [-0.25, -0.2) is 10.2 Å². The second-order valence-corrected chi connectivity index (χ2v) is 8.59. The van der Waals surface area contributed by atoms with Gasteiger partial charge in [0, 0.05) is 16.0 Å². The van der Waals surface area contributed by atoms with Gasteiger partial charge in [-0.1, -0.05) is 78.3 Å². The summed E-state index contributed by atoms with van der Waals surface area (Å²) < 4.78 is 11.4. The largest absolute Gasteiger partial charge is 0.483 e. The van der Waals surface area contributed by atoms with Crippen molar-refractivity contribution in [2.45, 2.75) is 0 Å². The Morgan fingerprint density at radius 2 is 1.43 bits per heavy atom. The van der Waals surface area contributed by atoms with Crippen LogP contribution in [0.3, 0.4) is 0 Å². The monoisotopic (exact) mass is 508 g/mol. The van der Waals surface area contributed by atoms with Crippen molar-refractivity contribution in [1.82, 2.24) is 5.43 Å². The summed E-state index contributed by atoms with van der Waals surface area (Å²) >= 11 is 5.92. The van der Waals surface area contributed by atoms with Crippen LogP contribution in [-0.4, -0.2) is 24.7 Å². The van der Waals surface area contributed by atoms with Crippen LogP contribution in [0.5, 0.6) is 11.5 Å². The van der Waals surface area contributed by atoms with E-state index in [0.29, 0.717) is 27.6 Å². The Balaban J connectivity index is 1.32. The van der Waals surface area contributed by atoms with Crippen molar-refractivity contribution in [3.63, 3.8) is 0 Å². The minimum absolute atomic E-state index is 0.209. The van der Waals surface area contributed by atoms with Gasteiger partial charge in [-0.15, -0.1) is 0 Å². The van der Waals surface area contributed by atoms with Gasteiger partial charge in [-0.3, -0.25) is 4.79 Å². The number of rotatable bonds is 7. The van der Waals surface area contributed by atoms with Gasteiger partial charge in [-0.2, -0.15) is 5.10 Å². The van der Waals surface area contributed by atoms with Gasteiger partial charge in [0.15, 0.2) is 6.61 Å². The molecule has 0 atom stereocenters. The maximum absolute atomic E-state index is 12.7. The fourth-order valence-electron chi connectivity index (χ4n) is 3.91. The molecule has 182 valence electrons. The van der Waals surface area contributed by atoms with E-state index in [-0.39, 0.29) is 6.61 Å². The summed E-state index contributed by atoms with van der Waals surface area (Å²) in [6.07, 6.45) is 1.46. The van der Waals surface area contributed by atoms with Crippen LogP contribution in [0, 0.1) is 0 Å². The number of amides is 1. The molecule has 0 saturated heterocycles. The molecule has 5 rings (SSSR count). The summed E-state index contributed by atoms with van der Waals surface area (Å²) in [6.45, 7) is -0.209. The first-order chi connectivity index (χ1) is 18.1. The Hall–Kier alpha value is -4.68. The SMILES string of the molecule is O=C(COc1cccc2ccccc12)NN=Cc1c(OC(=O)c2ccc(Cl)cc2)ccc2ccccc12. The molecule has 1 amide bonds. The minimum Gasteiger partial charge on any atom is -0.483 e. The summed E-state index contributed by atoms with van der Waals surface area (Å²) in [6, 6.07) is 31.1. The van der Waals surface area contributed by atoms with E-state index in [1.165, 1.54) is 6.21 Å². The van der Waals surface area contributed by atoms with E-state index >= 15 is 0 Å². The molecule has 7 heteroatoms. The lowest BCUT2D eigenvalue weighted by atomic mass is 10.0. The van der Waals surface area contributed by atoms with Crippen molar-refractivity contribution in [1.29, 1.82) is 0 Å². The molecule has 0 radical (unpaired) electrons. The first kappa shape index (κ1) is 24.0. The maximum Gasteiger partial charge on any atom is 0.343 e. The number of carbonyl (C=O) groups is 2. The number of nitrogens with one attached hydrogen (secondary N) is 1. The predicted molar refractivity (Wildman–Crippen MR) is 146 cm³/mol. The number of esters is 1. The molecule has 0 saturated carbocycles. The van der Waals surface area contributed by atoms with Gasteiger partial charge < -0.3 is 9.47 Å². The molecule has 5 aromatic carbocycles. The lowest BCUT2D eigenvalue weighted by Gasteiger charge is -2.11. The number of benzene rings is 5. The maximum atomic E-state index is 12.7. The molecular weight excluding hydrogens is 488 g/mol. The Kier molecular flexibility index (Phi) is 7.10. The third kappa shape index (κ3) is 5.60. The van der Waals surface area contributed by atoms with E-state index in [4.69, 9.17) is 21.1 Å². The quantitative estimate of drug-likeness (QED) is 0.119. The number of fused-ring (bicyclic) bond motifs is 2. The van der Waals surface area contributed by atoms with Crippen LogP contribution in [0.15, 0.2) is 108 Å². The lowest BCUT2D eigenvalue weighted by Crippen LogP contribution is -2.24. The van der Waals surface area contributed by atoms with Crippen LogP contribution in [0.2, 0.25) is 5.02 Å². The zero-order chi connectivity index (χ0) is 25.6. The normalized spacial score (nSPS) is 11.1. The third-order valence-electron chi connectivity index (χ3n) is 5.70.